The van der Waals surface area contributed by atoms with Gasteiger partial charge in [-0.15, -0.1) is 0 Å². The van der Waals surface area contributed by atoms with Gasteiger partial charge in [-0.3, -0.25) is 0 Å². The van der Waals surface area contributed by atoms with Gasteiger partial charge in [-0.05, 0) is 92.3 Å². The van der Waals surface area contributed by atoms with Crippen LogP contribution < -0.4 is 15.0 Å². The summed E-state index contributed by atoms with van der Waals surface area (Å²) in [6.45, 7) is 5.23. The van der Waals surface area contributed by atoms with Crippen molar-refractivity contribution in [2.45, 2.75) is 51.2 Å². The first kappa shape index (κ1) is 26.1. The zero-order valence-corrected chi connectivity index (χ0v) is 22.0. The number of rotatable bonds is 6. The second-order valence-corrected chi connectivity index (χ2v) is 10.7. The Hall–Kier alpha value is -4.00. The highest BCUT2D eigenvalue weighted by Gasteiger charge is 2.44. The predicted octanol–water partition coefficient (Wildman–Crippen LogP) is 6.05. The Morgan fingerprint density at radius 3 is 2.27 bits per heavy atom. The summed E-state index contributed by atoms with van der Waals surface area (Å²) in [7, 11) is 4.02. The van der Waals surface area contributed by atoms with Crippen molar-refractivity contribution in [1.29, 1.82) is 0 Å². The summed E-state index contributed by atoms with van der Waals surface area (Å²) in [5.41, 5.74) is 2.96. The lowest BCUT2D eigenvalue weighted by molar-refractivity contribution is -0.145. The van der Waals surface area contributed by atoms with E-state index in [0.29, 0.717) is 17.9 Å². The number of benzene rings is 3. The molecule has 37 heavy (non-hydrogen) atoms. The number of alkyl carbamates (subject to hydrolysis) is 1. The highest BCUT2D eigenvalue weighted by molar-refractivity contribution is 5.85. The molecule has 0 saturated heterocycles. The van der Waals surface area contributed by atoms with Crippen LogP contribution in [0.15, 0.2) is 66.7 Å². The van der Waals surface area contributed by atoms with Gasteiger partial charge in [-0.2, -0.15) is 0 Å². The van der Waals surface area contributed by atoms with E-state index in [9.17, 15) is 14.7 Å². The number of amides is 1. The average Bonchev–Trinajstić information content (AvgIpc) is 2.82. The Morgan fingerprint density at radius 1 is 0.919 bits per heavy atom. The minimum Gasteiger partial charge on any atom is -0.479 e. The number of carboxylic acids is 1. The van der Waals surface area contributed by atoms with E-state index in [2.05, 4.69) is 34.5 Å². The summed E-state index contributed by atoms with van der Waals surface area (Å²) < 4.78 is 11.5. The van der Waals surface area contributed by atoms with Crippen LogP contribution in [0.4, 0.5) is 10.5 Å². The Morgan fingerprint density at radius 2 is 1.62 bits per heavy atom. The molecule has 0 fully saturated rings. The second kappa shape index (κ2) is 10.2. The normalized spacial score (nSPS) is 16.9. The predicted molar refractivity (Wildman–Crippen MR) is 144 cm³/mol. The number of carbonyl (C=O) groups excluding carboxylic acids is 1. The number of nitrogens with one attached hydrogen (secondary N) is 1. The molecule has 1 amide bonds. The molecule has 0 radical (unpaired) electrons. The molecule has 0 spiro atoms. The molecule has 0 saturated carbocycles. The number of aliphatic carboxylic acids is 1. The maximum Gasteiger partial charge on any atom is 0.408 e. The first-order valence-electron chi connectivity index (χ1n) is 12.4. The molecule has 2 N–H and O–H groups in total. The van der Waals surface area contributed by atoms with E-state index in [1.807, 2.05) is 56.6 Å². The fourth-order valence-electron chi connectivity index (χ4n) is 4.50. The standard InChI is InChI=1S/C30H34N2O5/c1-29(2,3)37-28(35)31-30(27(33)34)16-15-21-11-14-26(18-23(21)19-30)36-25-8-6-7-22(17-25)20-9-12-24(13-10-20)32(4)5/h6-14,17-18H,15-16,19H2,1-5H3,(H,31,35)(H,33,34). The van der Waals surface area contributed by atoms with Crippen molar-refractivity contribution in [2.75, 3.05) is 19.0 Å². The van der Waals surface area contributed by atoms with Crippen LogP contribution in [0.3, 0.4) is 0 Å². The molecule has 0 heterocycles. The van der Waals surface area contributed by atoms with Crippen molar-refractivity contribution in [2.24, 2.45) is 0 Å². The zero-order chi connectivity index (χ0) is 26.8. The summed E-state index contributed by atoms with van der Waals surface area (Å²) in [5, 5.41) is 12.7. The number of ether oxygens (including phenoxy) is 2. The number of aryl methyl sites for hydroxylation is 1. The van der Waals surface area contributed by atoms with E-state index in [0.717, 1.165) is 27.9 Å². The number of carboxylic acid groups (broad SMARTS) is 1. The van der Waals surface area contributed by atoms with Gasteiger partial charge in [-0.25, -0.2) is 9.59 Å². The Balaban J connectivity index is 1.53. The first-order valence-corrected chi connectivity index (χ1v) is 12.4. The van der Waals surface area contributed by atoms with E-state index < -0.39 is 23.2 Å². The molecular formula is C30H34N2O5. The molecule has 7 heteroatoms. The third-order valence-electron chi connectivity index (χ3n) is 6.43. The van der Waals surface area contributed by atoms with Gasteiger partial charge in [0.05, 0.1) is 0 Å². The van der Waals surface area contributed by atoms with Crippen LogP contribution in [-0.4, -0.2) is 42.4 Å². The molecule has 4 rings (SSSR count). The summed E-state index contributed by atoms with van der Waals surface area (Å²) in [6.07, 6.45) is 0.215. The summed E-state index contributed by atoms with van der Waals surface area (Å²) in [6, 6.07) is 21.9. The van der Waals surface area contributed by atoms with Crippen molar-refractivity contribution >= 4 is 17.7 Å². The van der Waals surface area contributed by atoms with Gasteiger partial charge in [0.1, 0.15) is 22.6 Å². The Labute approximate surface area is 218 Å². The molecule has 1 aliphatic rings. The van der Waals surface area contributed by atoms with Crippen LogP contribution in [0.1, 0.15) is 38.3 Å². The van der Waals surface area contributed by atoms with Crippen molar-refractivity contribution < 1.29 is 24.2 Å². The second-order valence-electron chi connectivity index (χ2n) is 10.7. The fourth-order valence-corrected chi connectivity index (χ4v) is 4.50. The lowest BCUT2D eigenvalue weighted by atomic mass is 9.78. The maximum atomic E-state index is 12.4. The fraction of sp³-hybridized carbons (Fsp3) is 0.333. The lowest BCUT2D eigenvalue weighted by Crippen LogP contribution is -2.58. The van der Waals surface area contributed by atoms with Crippen LogP contribution in [0.5, 0.6) is 11.5 Å². The molecule has 0 aliphatic heterocycles. The average molecular weight is 503 g/mol. The first-order chi connectivity index (χ1) is 17.4. The highest BCUT2D eigenvalue weighted by Crippen LogP contribution is 2.34. The number of hydrogen-bond acceptors (Lipinski definition) is 5. The molecule has 1 unspecified atom stereocenters. The van der Waals surface area contributed by atoms with Crippen molar-refractivity contribution in [3.8, 4) is 22.6 Å². The largest absolute Gasteiger partial charge is 0.479 e. The molecular weight excluding hydrogens is 468 g/mol. The van der Waals surface area contributed by atoms with Gasteiger partial charge in [-0.1, -0.05) is 30.3 Å². The number of hydrogen-bond donors (Lipinski definition) is 2. The third kappa shape index (κ3) is 6.23. The van der Waals surface area contributed by atoms with Crippen molar-refractivity contribution in [3.05, 3.63) is 77.9 Å². The topological polar surface area (TPSA) is 88.1 Å². The molecule has 7 nitrogen and oxygen atoms in total. The Bertz CT molecular complexity index is 1290. The van der Waals surface area contributed by atoms with E-state index in [1.54, 1.807) is 20.8 Å². The molecule has 0 bridgehead atoms. The van der Waals surface area contributed by atoms with Gasteiger partial charge < -0.3 is 24.8 Å². The molecule has 1 atom stereocenters. The van der Waals surface area contributed by atoms with Crippen LogP contribution in [-0.2, 0) is 22.4 Å². The van der Waals surface area contributed by atoms with E-state index >= 15 is 0 Å². The summed E-state index contributed by atoms with van der Waals surface area (Å²) >= 11 is 0. The molecule has 3 aromatic rings. The number of nitrogens with zero attached hydrogens (tertiary/aromatic N) is 1. The van der Waals surface area contributed by atoms with Crippen LogP contribution >= 0.6 is 0 Å². The SMILES string of the molecule is CN(C)c1ccc(-c2cccc(Oc3ccc4c(c3)CC(NC(=O)OC(C)(C)C)(C(=O)O)CC4)c2)cc1. The molecule has 0 aromatic heterocycles. The number of anilines is 1. The summed E-state index contributed by atoms with van der Waals surface area (Å²) in [4.78, 5) is 26.8. The summed E-state index contributed by atoms with van der Waals surface area (Å²) in [5.74, 6) is 0.210. The van der Waals surface area contributed by atoms with Gasteiger partial charge in [0, 0.05) is 26.2 Å². The monoisotopic (exact) mass is 502 g/mol. The highest BCUT2D eigenvalue weighted by atomic mass is 16.6. The smallest absolute Gasteiger partial charge is 0.408 e. The van der Waals surface area contributed by atoms with Crippen LogP contribution in [0, 0.1) is 0 Å². The quantitative estimate of drug-likeness (QED) is 0.427. The zero-order valence-electron chi connectivity index (χ0n) is 22.0. The molecule has 1 aliphatic carbocycles. The van der Waals surface area contributed by atoms with Gasteiger partial charge in [0.2, 0.25) is 0 Å². The minimum absolute atomic E-state index is 0.145. The van der Waals surface area contributed by atoms with Crippen molar-refractivity contribution in [1.82, 2.24) is 5.32 Å². The minimum atomic E-state index is -1.44. The third-order valence-corrected chi connectivity index (χ3v) is 6.43. The van der Waals surface area contributed by atoms with Gasteiger partial charge in [0.15, 0.2) is 0 Å². The van der Waals surface area contributed by atoms with Gasteiger partial charge >= 0.3 is 12.1 Å². The number of carbonyl (C=O) groups is 2. The lowest BCUT2D eigenvalue weighted by Gasteiger charge is -2.35. The van der Waals surface area contributed by atoms with E-state index in [4.69, 9.17) is 9.47 Å². The van der Waals surface area contributed by atoms with Crippen molar-refractivity contribution in [3.63, 3.8) is 0 Å². The van der Waals surface area contributed by atoms with Gasteiger partial charge in [0.25, 0.3) is 0 Å². The maximum absolute atomic E-state index is 12.4. The molecule has 3 aromatic carbocycles. The molecule has 194 valence electrons. The van der Waals surface area contributed by atoms with Crippen LogP contribution in [0.2, 0.25) is 0 Å². The Kier molecular flexibility index (Phi) is 7.16. The number of fused-ring (bicyclic) bond motifs is 1. The van der Waals surface area contributed by atoms with Crippen LogP contribution in [0.25, 0.3) is 11.1 Å². The van der Waals surface area contributed by atoms with E-state index in [1.165, 1.54) is 0 Å². The van der Waals surface area contributed by atoms with E-state index in [-0.39, 0.29) is 12.8 Å².